The summed E-state index contributed by atoms with van der Waals surface area (Å²) in [6.45, 7) is 11.3. The Labute approximate surface area is 123 Å². The van der Waals surface area contributed by atoms with Gasteiger partial charge >= 0.3 is 19.5 Å². The summed E-state index contributed by atoms with van der Waals surface area (Å²) >= 11 is 0. The molecule has 0 bridgehead atoms. The van der Waals surface area contributed by atoms with Gasteiger partial charge < -0.3 is 34.7 Å². The van der Waals surface area contributed by atoms with Crippen LogP contribution in [0.15, 0.2) is 35.6 Å². The van der Waals surface area contributed by atoms with E-state index in [-0.39, 0.29) is 49.2 Å². The van der Waals surface area contributed by atoms with Gasteiger partial charge in [-0.15, -0.1) is 6.20 Å². The Kier molecular flexibility index (Phi) is 52.0. The molecular weight excluding hydrogens is 295 g/mol. The van der Waals surface area contributed by atoms with Crippen molar-refractivity contribution in [3.63, 3.8) is 0 Å². The molecule has 0 aliphatic heterocycles. The maximum absolute atomic E-state index is 5.33. The third kappa shape index (κ3) is 39.2. The van der Waals surface area contributed by atoms with Crippen molar-refractivity contribution in [3.05, 3.63) is 78.0 Å². The Balaban J connectivity index is -0.0000000280. The van der Waals surface area contributed by atoms with E-state index in [4.69, 9.17) is 6.58 Å². The Morgan fingerprint density at radius 2 is 1.59 bits per heavy atom. The zero-order chi connectivity index (χ0) is 9.40. The van der Waals surface area contributed by atoms with E-state index in [1.807, 2.05) is 45.2 Å². The van der Waals surface area contributed by atoms with Gasteiger partial charge in [-0.25, -0.2) is 11.6 Å². The second kappa shape index (κ2) is 24.6. The van der Waals surface area contributed by atoms with Crippen LogP contribution in [0.25, 0.3) is 0 Å². The van der Waals surface area contributed by atoms with Crippen LogP contribution < -0.4 is 0 Å². The molecule has 1 rings (SSSR count). The van der Waals surface area contributed by atoms with Crippen LogP contribution in [0.1, 0.15) is 20.8 Å². The number of aromatic nitrogens is 1. The maximum Gasteiger partial charge on any atom is 6.00 e. The van der Waals surface area contributed by atoms with Crippen molar-refractivity contribution in [2.45, 2.75) is 20.8 Å². The van der Waals surface area contributed by atoms with Gasteiger partial charge in [-0.05, 0) is 0 Å². The van der Waals surface area contributed by atoms with E-state index in [0.717, 1.165) is 5.57 Å². The van der Waals surface area contributed by atoms with E-state index in [1.54, 1.807) is 0 Å². The standard InChI is InChI=1S/C7H11.C4H4N.4CH3.Ru/c1-6(2)5-7(3)4;1-2-4-5-3-1;;;;;/h1,5H,2-4H3;1-3,5H;4*1H3;/q6*-1;+6. The van der Waals surface area contributed by atoms with E-state index < -0.39 is 0 Å². The number of aromatic amines is 1. The molecule has 0 aliphatic carbocycles. The van der Waals surface area contributed by atoms with Crippen LogP contribution in [0.2, 0.25) is 0 Å². The van der Waals surface area contributed by atoms with Crippen molar-refractivity contribution in [1.82, 2.24) is 4.98 Å². The summed E-state index contributed by atoms with van der Waals surface area (Å²) in [5.74, 6) is 0. The van der Waals surface area contributed by atoms with Crippen LogP contribution in [0.5, 0.6) is 0 Å². The third-order valence-corrected chi connectivity index (χ3v) is 0.959. The third-order valence-electron chi connectivity index (χ3n) is 0.959. The number of allylic oxidation sites excluding steroid dienone is 3. The number of nitrogens with one attached hydrogen (secondary N) is 1. The molecule has 0 atom stereocenters. The first-order valence-electron chi connectivity index (χ1n) is 3.86. The van der Waals surface area contributed by atoms with Crippen molar-refractivity contribution in [2.24, 2.45) is 0 Å². The molecule has 1 aromatic rings. The molecule has 0 aromatic carbocycles. The summed E-state index contributed by atoms with van der Waals surface area (Å²) in [5.41, 5.74) is 2.13. The van der Waals surface area contributed by atoms with Gasteiger partial charge in [-0.1, -0.05) is 20.8 Å². The average Bonchev–Trinajstić information content (AvgIpc) is 2.36. The molecule has 0 saturated heterocycles. The van der Waals surface area contributed by atoms with Crippen molar-refractivity contribution >= 4 is 0 Å². The minimum Gasteiger partial charge on any atom is -0.484 e. The molecule has 17 heavy (non-hydrogen) atoms. The van der Waals surface area contributed by atoms with Crippen LogP contribution in [-0.4, -0.2) is 4.98 Å². The van der Waals surface area contributed by atoms with Gasteiger partial charge in [0.15, 0.2) is 0 Å². The summed E-state index contributed by atoms with van der Waals surface area (Å²) in [6, 6.07) is 3.71. The Bertz CT molecular complexity index is 214. The molecular formula is C15H27NRu. The molecule has 0 aliphatic rings. The van der Waals surface area contributed by atoms with Gasteiger partial charge in [0.2, 0.25) is 0 Å². The molecule has 0 spiro atoms. The number of rotatable bonds is 1. The van der Waals surface area contributed by atoms with Crippen LogP contribution in [0, 0.1) is 42.5 Å². The minimum absolute atomic E-state index is 0. The van der Waals surface area contributed by atoms with Crippen molar-refractivity contribution < 1.29 is 19.5 Å². The summed E-state index contributed by atoms with van der Waals surface area (Å²) < 4.78 is 0. The molecule has 2 heteroatoms. The number of H-pyrrole nitrogens is 1. The van der Waals surface area contributed by atoms with E-state index in [9.17, 15) is 0 Å². The molecule has 1 nitrogen and oxygen atoms in total. The van der Waals surface area contributed by atoms with Crippen molar-refractivity contribution in [1.29, 1.82) is 0 Å². The summed E-state index contributed by atoms with van der Waals surface area (Å²) in [4.78, 5) is 2.74. The first-order valence-corrected chi connectivity index (χ1v) is 3.86. The smallest absolute Gasteiger partial charge is 0.484 e. The average molecular weight is 322 g/mol. The molecule has 0 amide bonds. The fraction of sp³-hybridized carbons (Fsp3) is 0.200. The summed E-state index contributed by atoms with van der Waals surface area (Å²) in [5, 5.41) is 0. The summed E-state index contributed by atoms with van der Waals surface area (Å²) in [6.07, 6.45) is 6.50. The van der Waals surface area contributed by atoms with Gasteiger partial charge in [-0.2, -0.15) is 23.9 Å². The monoisotopic (exact) mass is 323 g/mol. The molecule has 1 aromatic heterocycles. The van der Waals surface area contributed by atoms with E-state index in [0.29, 0.717) is 0 Å². The summed E-state index contributed by atoms with van der Waals surface area (Å²) in [7, 11) is 0. The van der Waals surface area contributed by atoms with Crippen LogP contribution in [0.3, 0.4) is 0 Å². The SMILES string of the molecule is [CH-]=C(C)C=C(C)C.[CH3-].[CH3-].[CH3-].[CH3-].[Ru+6].[c-]1ccc[nH]1. The van der Waals surface area contributed by atoms with Crippen molar-refractivity contribution in [2.75, 3.05) is 0 Å². The van der Waals surface area contributed by atoms with E-state index >= 15 is 0 Å². The van der Waals surface area contributed by atoms with Crippen molar-refractivity contribution in [3.8, 4) is 0 Å². The first-order chi connectivity index (χ1) is 5.63. The largest absolute Gasteiger partial charge is 6.00 e. The normalized spacial score (nSPS) is 5.59. The predicted molar refractivity (Wildman–Crippen MR) is 78.2 cm³/mol. The zero-order valence-corrected chi connectivity index (χ0v) is 14.0. The van der Waals surface area contributed by atoms with Gasteiger partial charge in [0.1, 0.15) is 0 Å². The van der Waals surface area contributed by atoms with E-state index in [1.165, 1.54) is 5.57 Å². The molecule has 0 unspecified atom stereocenters. The van der Waals surface area contributed by atoms with Gasteiger partial charge in [0, 0.05) is 0 Å². The van der Waals surface area contributed by atoms with Gasteiger partial charge in [0.25, 0.3) is 0 Å². The molecule has 1 N–H and O–H groups in total. The zero-order valence-electron chi connectivity index (χ0n) is 12.2. The molecule has 100 valence electrons. The Morgan fingerprint density at radius 1 is 1.12 bits per heavy atom. The fourth-order valence-electron chi connectivity index (χ4n) is 0.696. The second-order valence-electron chi connectivity index (χ2n) is 2.78. The Hall–Kier alpha value is -0.617. The minimum atomic E-state index is 0. The predicted octanol–water partition coefficient (Wildman–Crippen LogP) is 4.95. The molecule has 1 heterocycles. The van der Waals surface area contributed by atoms with Crippen LogP contribution in [-0.2, 0) is 19.5 Å². The number of hydrogen-bond acceptors (Lipinski definition) is 0. The fourth-order valence-corrected chi connectivity index (χ4v) is 0.696. The molecule has 0 fully saturated rings. The number of hydrogen-bond donors (Lipinski definition) is 1. The quantitative estimate of drug-likeness (QED) is 0.428. The molecule has 0 radical (unpaired) electrons. The molecule has 0 saturated carbocycles. The van der Waals surface area contributed by atoms with Gasteiger partial charge in [-0.3, -0.25) is 6.58 Å². The van der Waals surface area contributed by atoms with Crippen LogP contribution >= 0.6 is 0 Å². The second-order valence-corrected chi connectivity index (χ2v) is 2.78. The Morgan fingerprint density at radius 3 is 1.65 bits per heavy atom. The van der Waals surface area contributed by atoms with Gasteiger partial charge in [0.05, 0.1) is 0 Å². The topological polar surface area (TPSA) is 15.8 Å². The van der Waals surface area contributed by atoms with Crippen LogP contribution in [0.4, 0.5) is 0 Å². The van der Waals surface area contributed by atoms with E-state index in [2.05, 4.69) is 11.2 Å². The first kappa shape index (κ1) is 36.0. The maximum atomic E-state index is 5.33.